The lowest BCUT2D eigenvalue weighted by atomic mass is 10.1. The van der Waals surface area contributed by atoms with E-state index in [4.69, 9.17) is 0 Å². The minimum Gasteiger partial charge on any atom is -0.324 e. The molecule has 0 aliphatic heterocycles. The van der Waals surface area contributed by atoms with Gasteiger partial charge in [0.15, 0.2) is 0 Å². The number of carbonyl (C=O) groups is 1. The van der Waals surface area contributed by atoms with Crippen molar-refractivity contribution in [2.75, 3.05) is 5.32 Å². The molecule has 4 aromatic rings. The van der Waals surface area contributed by atoms with E-state index in [0.717, 1.165) is 16.7 Å². The third-order valence-electron chi connectivity index (χ3n) is 4.56. The van der Waals surface area contributed by atoms with Crippen LogP contribution < -0.4 is 10.9 Å². The maximum atomic E-state index is 12.8. The largest absolute Gasteiger partial charge is 0.324 e. The van der Waals surface area contributed by atoms with Crippen molar-refractivity contribution in [3.05, 3.63) is 82.0 Å². The molecule has 0 saturated heterocycles. The normalized spacial score (nSPS) is 10.9. The topological polar surface area (TPSA) is 64.0 Å². The first-order valence-electron chi connectivity index (χ1n) is 9.08. The van der Waals surface area contributed by atoms with Crippen LogP contribution in [-0.2, 0) is 17.8 Å². The van der Waals surface area contributed by atoms with Gasteiger partial charge in [-0.1, -0.05) is 43.3 Å². The number of amides is 1. The molecule has 140 valence electrons. The van der Waals surface area contributed by atoms with Gasteiger partial charge in [0.25, 0.3) is 5.56 Å². The summed E-state index contributed by atoms with van der Waals surface area (Å²) in [5.74, 6) is -0.286. The van der Waals surface area contributed by atoms with Crippen molar-refractivity contribution in [1.29, 1.82) is 0 Å². The molecule has 6 heteroatoms. The van der Waals surface area contributed by atoms with Gasteiger partial charge in [-0.25, -0.2) is 4.68 Å². The molecule has 0 aliphatic rings. The molecule has 1 amide bonds. The van der Waals surface area contributed by atoms with Crippen molar-refractivity contribution in [3.8, 4) is 10.6 Å². The van der Waals surface area contributed by atoms with Crippen molar-refractivity contribution in [2.24, 2.45) is 0 Å². The van der Waals surface area contributed by atoms with Gasteiger partial charge in [-0.15, -0.1) is 11.3 Å². The smallest absolute Gasteiger partial charge is 0.275 e. The van der Waals surface area contributed by atoms with E-state index in [1.54, 1.807) is 17.4 Å². The number of nitrogens with one attached hydrogen (secondary N) is 1. The molecule has 1 N–H and O–H groups in total. The molecular weight excluding hydrogens is 370 g/mol. The Labute approximate surface area is 166 Å². The average Bonchev–Trinajstić information content (AvgIpc) is 3.25. The first-order valence-corrected chi connectivity index (χ1v) is 9.96. The highest BCUT2D eigenvalue weighted by molar-refractivity contribution is 7.13. The molecule has 4 rings (SSSR count). The van der Waals surface area contributed by atoms with E-state index < -0.39 is 0 Å². The van der Waals surface area contributed by atoms with Crippen molar-refractivity contribution in [1.82, 2.24) is 9.78 Å². The molecule has 0 bridgehead atoms. The summed E-state index contributed by atoms with van der Waals surface area (Å²) in [4.78, 5) is 26.3. The minimum absolute atomic E-state index is 0.141. The van der Waals surface area contributed by atoms with Crippen LogP contribution in [0.3, 0.4) is 0 Å². The average molecular weight is 389 g/mol. The number of benzene rings is 2. The van der Waals surface area contributed by atoms with Gasteiger partial charge in [0, 0.05) is 11.1 Å². The van der Waals surface area contributed by atoms with E-state index in [0.29, 0.717) is 16.8 Å². The summed E-state index contributed by atoms with van der Waals surface area (Å²) >= 11 is 1.55. The lowest BCUT2D eigenvalue weighted by Crippen LogP contribution is -2.30. The molecule has 0 aliphatic carbocycles. The zero-order valence-corrected chi connectivity index (χ0v) is 16.2. The van der Waals surface area contributed by atoms with E-state index in [9.17, 15) is 9.59 Å². The van der Waals surface area contributed by atoms with Gasteiger partial charge < -0.3 is 5.32 Å². The van der Waals surface area contributed by atoms with E-state index in [2.05, 4.69) is 17.3 Å². The maximum Gasteiger partial charge on any atom is 0.275 e. The van der Waals surface area contributed by atoms with Crippen molar-refractivity contribution in [2.45, 2.75) is 19.9 Å². The first kappa shape index (κ1) is 18.1. The number of aromatic nitrogens is 2. The van der Waals surface area contributed by atoms with E-state index in [-0.39, 0.29) is 18.0 Å². The van der Waals surface area contributed by atoms with Gasteiger partial charge in [-0.05, 0) is 41.6 Å². The van der Waals surface area contributed by atoms with Crippen LogP contribution in [0.4, 0.5) is 5.69 Å². The van der Waals surface area contributed by atoms with Gasteiger partial charge in [0.2, 0.25) is 5.91 Å². The first-order chi connectivity index (χ1) is 13.7. The third kappa shape index (κ3) is 3.59. The number of nitrogens with zero attached hydrogens (tertiary/aromatic N) is 2. The summed E-state index contributed by atoms with van der Waals surface area (Å²) < 4.78 is 1.24. The fourth-order valence-electron chi connectivity index (χ4n) is 3.10. The van der Waals surface area contributed by atoms with Gasteiger partial charge >= 0.3 is 0 Å². The molecule has 5 nitrogen and oxygen atoms in total. The number of aryl methyl sites for hydroxylation is 1. The Hall–Kier alpha value is -3.25. The fourth-order valence-corrected chi connectivity index (χ4v) is 3.82. The van der Waals surface area contributed by atoms with Gasteiger partial charge in [0.05, 0.1) is 10.3 Å². The molecule has 2 aromatic heterocycles. The van der Waals surface area contributed by atoms with E-state index in [1.807, 2.05) is 60.0 Å². The number of thiophene rings is 1. The molecule has 0 fully saturated rings. The van der Waals surface area contributed by atoms with Gasteiger partial charge in [-0.2, -0.15) is 5.10 Å². The standard InChI is InChI=1S/C22H19N3O2S/c1-2-15-9-11-16(12-10-15)23-20(26)14-25-22(27)18-7-4-3-6-17(18)21(24-25)19-8-5-13-28-19/h3-13H,2,14H2,1H3,(H,23,26). The van der Waals surface area contributed by atoms with Crippen LogP contribution in [0, 0.1) is 0 Å². The monoisotopic (exact) mass is 389 g/mol. The summed E-state index contributed by atoms with van der Waals surface area (Å²) in [7, 11) is 0. The summed E-state index contributed by atoms with van der Waals surface area (Å²) in [5, 5.41) is 10.7. The van der Waals surface area contributed by atoms with Crippen molar-refractivity contribution in [3.63, 3.8) is 0 Å². The van der Waals surface area contributed by atoms with E-state index >= 15 is 0 Å². The van der Waals surface area contributed by atoms with Crippen LogP contribution >= 0.6 is 11.3 Å². The predicted octanol–water partition coefficient (Wildman–Crippen LogP) is 4.33. The predicted molar refractivity (Wildman–Crippen MR) is 114 cm³/mol. The number of fused-ring (bicyclic) bond motifs is 1. The molecule has 0 atom stereocenters. The van der Waals surface area contributed by atoms with Crippen LogP contribution in [0.25, 0.3) is 21.3 Å². The highest BCUT2D eigenvalue weighted by Gasteiger charge is 2.14. The number of carbonyl (C=O) groups excluding carboxylic acids is 1. The molecule has 0 unspecified atom stereocenters. The van der Waals surface area contributed by atoms with Gasteiger partial charge in [0.1, 0.15) is 12.2 Å². The Morgan fingerprint density at radius 2 is 1.79 bits per heavy atom. The molecule has 28 heavy (non-hydrogen) atoms. The Morgan fingerprint density at radius 3 is 2.46 bits per heavy atom. The highest BCUT2D eigenvalue weighted by Crippen LogP contribution is 2.28. The van der Waals surface area contributed by atoms with Crippen LogP contribution in [0.15, 0.2) is 70.8 Å². The summed E-state index contributed by atoms with van der Waals surface area (Å²) in [6, 6.07) is 19.0. The fraction of sp³-hybridized carbons (Fsp3) is 0.136. The van der Waals surface area contributed by atoms with E-state index in [1.165, 1.54) is 10.2 Å². The highest BCUT2D eigenvalue weighted by atomic mass is 32.1. The van der Waals surface area contributed by atoms with Gasteiger partial charge in [-0.3, -0.25) is 9.59 Å². The number of anilines is 1. The summed E-state index contributed by atoms with van der Waals surface area (Å²) in [6.07, 6.45) is 0.941. The Balaban J connectivity index is 1.67. The second-order valence-electron chi connectivity index (χ2n) is 6.43. The van der Waals surface area contributed by atoms with Crippen LogP contribution in [0.2, 0.25) is 0 Å². The maximum absolute atomic E-state index is 12.8. The number of rotatable bonds is 5. The Morgan fingerprint density at radius 1 is 1.04 bits per heavy atom. The molecule has 0 spiro atoms. The third-order valence-corrected chi connectivity index (χ3v) is 5.44. The van der Waals surface area contributed by atoms with Crippen molar-refractivity contribution < 1.29 is 4.79 Å². The lowest BCUT2D eigenvalue weighted by molar-refractivity contribution is -0.117. The molecular formula is C22H19N3O2S. The van der Waals surface area contributed by atoms with Crippen LogP contribution in [0.1, 0.15) is 12.5 Å². The molecule has 2 aromatic carbocycles. The quantitative estimate of drug-likeness (QED) is 0.553. The summed E-state index contributed by atoms with van der Waals surface area (Å²) in [6.45, 7) is 1.94. The Bertz CT molecular complexity index is 1180. The molecule has 0 saturated carbocycles. The molecule has 2 heterocycles. The second kappa shape index (κ2) is 7.78. The summed E-state index contributed by atoms with van der Waals surface area (Å²) in [5.41, 5.74) is 2.35. The number of hydrogen-bond acceptors (Lipinski definition) is 4. The van der Waals surface area contributed by atoms with Crippen LogP contribution in [0.5, 0.6) is 0 Å². The number of hydrogen-bond donors (Lipinski definition) is 1. The Kier molecular flexibility index (Phi) is 5.04. The van der Waals surface area contributed by atoms with Crippen LogP contribution in [-0.4, -0.2) is 15.7 Å². The second-order valence-corrected chi connectivity index (χ2v) is 7.38. The zero-order chi connectivity index (χ0) is 19.5. The lowest BCUT2D eigenvalue weighted by Gasteiger charge is -2.11. The molecule has 0 radical (unpaired) electrons. The zero-order valence-electron chi connectivity index (χ0n) is 15.4. The minimum atomic E-state index is -0.286. The SMILES string of the molecule is CCc1ccc(NC(=O)Cn2nc(-c3cccs3)c3ccccc3c2=O)cc1. The van der Waals surface area contributed by atoms with Crippen molar-refractivity contribution >= 4 is 33.7 Å².